The van der Waals surface area contributed by atoms with Crippen molar-refractivity contribution in [3.63, 3.8) is 0 Å². The molecule has 5 nitrogen and oxygen atoms in total. The van der Waals surface area contributed by atoms with E-state index in [1.54, 1.807) is 6.20 Å². The quantitative estimate of drug-likeness (QED) is 0.892. The summed E-state index contributed by atoms with van der Waals surface area (Å²) in [5, 5.41) is 0. The van der Waals surface area contributed by atoms with Gasteiger partial charge in [-0.05, 0) is 31.4 Å². The molecular weight excluding hydrogens is 238 g/mol. The van der Waals surface area contributed by atoms with E-state index in [0.717, 1.165) is 29.8 Å². The predicted octanol–water partition coefficient (Wildman–Crippen LogP) is 2.48. The van der Waals surface area contributed by atoms with Crippen LogP contribution >= 0.6 is 0 Å². The zero-order valence-electron chi connectivity index (χ0n) is 11.0. The number of nitrogens with two attached hydrogens (primary N) is 1. The molecule has 0 unspecified atom stereocenters. The van der Waals surface area contributed by atoms with Crippen molar-refractivity contribution in [2.24, 2.45) is 0 Å². The average molecular weight is 255 g/mol. The highest BCUT2D eigenvalue weighted by atomic mass is 15.1. The van der Waals surface area contributed by atoms with E-state index in [1.165, 1.54) is 12.8 Å². The summed E-state index contributed by atoms with van der Waals surface area (Å²) < 4.78 is 0. The Labute approximate surface area is 112 Å². The van der Waals surface area contributed by atoms with Crippen LogP contribution in [0.3, 0.4) is 0 Å². The molecule has 1 saturated carbocycles. The van der Waals surface area contributed by atoms with Gasteiger partial charge in [0.1, 0.15) is 5.82 Å². The molecule has 0 saturated heterocycles. The van der Waals surface area contributed by atoms with Crippen LogP contribution in [0.1, 0.15) is 43.0 Å². The lowest BCUT2D eigenvalue weighted by Gasteiger charge is -2.10. The Morgan fingerprint density at radius 2 is 1.95 bits per heavy atom. The van der Waals surface area contributed by atoms with Crippen LogP contribution in [-0.2, 0) is 0 Å². The molecule has 1 fully saturated rings. The van der Waals surface area contributed by atoms with Gasteiger partial charge in [0.15, 0.2) is 5.82 Å². The minimum Gasteiger partial charge on any atom is -0.368 e. The first-order valence-electron chi connectivity index (χ1n) is 6.66. The van der Waals surface area contributed by atoms with E-state index in [-0.39, 0.29) is 0 Å². The molecule has 1 aliphatic carbocycles. The number of nitrogens with zero attached hydrogens (tertiary/aromatic N) is 4. The maximum atomic E-state index is 5.84. The summed E-state index contributed by atoms with van der Waals surface area (Å²) in [5.41, 5.74) is 7.86. The van der Waals surface area contributed by atoms with E-state index < -0.39 is 0 Å². The molecule has 2 heterocycles. The molecule has 0 aliphatic heterocycles. The Hall–Kier alpha value is -2.04. The molecular formula is C14H17N5. The van der Waals surface area contributed by atoms with Crippen LogP contribution in [0.4, 0.5) is 5.95 Å². The van der Waals surface area contributed by atoms with E-state index in [1.807, 2.05) is 19.2 Å². The molecule has 2 aromatic rings. The largest absolute Gasteiger partial charge is 0.368 e. The zero-order chi connectivity index (χ0) is 13.2. The van der Waals surface area contributed by atoms with Gasteiger partial charge >= 0.3 is 0 Å². The van der Waals surface area contributed by atoms with Crippen molar-refractivity contribution >= 4 is 5.95 Å². The number of nitrogen functional groups attached to an aromatic ring is 1. The van der Waals surface area contributed by atoms with Gasteiger partial charge in [-0.3, -0.25) is 4.98 Å². The minimum atomic E-state index is 0.308. The fourth-order valence-electron chi connectivity index (χ4n) is 2.62. The molecule has 0 bridgehead atoms. The van der Waals surface area contributed by atoms with Gasteiger partial charge in [0, 0.05) is 23.9 Å². The summed E-state index contributed by atoms with van der Waals surface area (Å²) in [7, 11) is 0. The van der Waals surface area contributed by atoms with Crippen LogP contribution in [-0.4, -0.2) is 19.9 Å². The van der Waals surface area contributed by atoms with E-state index in [0.29, 0.717) is 17.7 Å². The van der Waals surface area contributed by atoms with Gasteiger partial charge in [-0.15, -0.1) is 0 Å². The van der Waals surface area contributed by atoms with E-state index in [4.69, 9.17) is 5.73 Å². The summed E-state index contributed by atoms with van der Waals surface area (Å²) >= 11 is 0. The number of hydrogen-bond donors (Lipinski definition) is 1. The second-order valence-corrected chi connectivity index (χ2v) is 5.05. The Bertz CT molecular complexity index is 590. The first-order chi connectivity index (χ1) is 9.24. The van der Waals surface area contributed by atoms with Crippen molar-refractivity contribution in [3.05, 3.63) is 29.8 Å². The molecule has 5 heteroatoms. The Morgan fingerprint density at radius 3 is 2.68 bits per heavy atom. The van der Waals surface area contributed by atoms with Crippen LogP contribution in [0.5, 0.6) is 0 Å². The van der Waals surface area contributed by atoms with Crippen LogP contribution in [0, 0.1) is 6.92 Å². The Balaban J connectivity index is 2.04. The zero-order valence-corrected chi connectivity index (χ0v) is 11.0. The average Bonchev–Trinajstić information content (AvgIpc) is 2.92. The molecule has 2 N–H and O–H groups in total. The topological polar surface area (TPSA) is 77.6 Å². The summed E-state index contributed by atoms with van der Waals surface area (Å²) in [6, 6.07) is 1.92. The highest BCUT2D eigenvalue weighted by Crippen LogP contribution is 2.33. The number of aryl methyl sites for hydroxylation is 1. The lowest BCUT2D eigenvalue weighted by Crippen LogP contribution is -2.08. The standard InChI is InChI=1S/C14H17N5/c1-9-8-16-7-6-11(9)13-17-12(18-14(15)19-13)10-4-2-3-5-10/h6-8,10H,2-5H2,1H3,(H2,15,17,18,19). The van der Waals surface area contributed by atoms with Gasteiger partial charge in [0.2, 0.25) is 5.95 Å². The van der Waals surface area contributed by atoms with Crippen molar-refractivity contribution < 1.29 is 0 Å². The van der Waals surface area contributed by atoms with E-state index in [2.05, 4.69) is 19.9 Å². The predicted molar refractivity (Wildman–Crippen MR) is 73.4 cm³/mol. The van der Waals surface area contributed by atoms with Crippen molar-refractivity contribution in [1.82, 2.24) is 19.9 Å². The molecule has 0 atom stereocenters. The van der Waals surface area contributed by atoms with E-state index in [9.17, 15) is 0 Å². The maximum absolute atomic E-state index is 5.84. The van der Waals surface area contributed by atoms with Gasteiger partial charge in [-0.2, -0.15) is 9.97 Å². The van der Waals surface area contributed by atoms with Crippen LogP contribution in [0.2, 0.25) is 0 Å². The normalized spacial score (nSPS) is 15.8. The summed E-state index contributed by atoms with van der Waals surface area (Å²) in [4.78, 5) is 17.3. The van der Waals surface area contributed by atoms with Gasteiger partial charge in [0.25, 0.3) is 0 Å². The number of anilines is 1. The molecule has 98 valence electrons. The van der Waals surface area contributed by atoms with E-state index >= 15 is 0 Å². The molecule has 2 aromatic heterocycles. The van der Waals surface area contributed by atoms with Crippen molar-refractivity contribution in [2.45, 2.75) is 38.5 Å². The number of rotatable bonds is 2. The van der Waals surface area contributed by atoms with Crippen molar-refractivity contribution in [3.8, 4) is 11.4 Å². The van der Waals surface area contributed by atoms with Crippen LogP contribution in [0.15, 0.2) is 18.5 Å². The Kier molecular flexibility index (Phi) is 3.11. The van der Waals surface area contributed by atoms with Crippen molar-refractivity contribution in [2.75, 3.05) is 5.73 Å². The van der Waals surface area contributed by atoms with Crippen molar-refractivity contribution in [1.29, 1.82) is 0 Å². The second kappa shape index (κ2) is 4.91. The molecule has 0 amide bonds. The first-order valence-corrected chi connectivity index (χ1v) is 6.66. The summed E-state index contributed by atoms with van der Waals surface area (Å²) in [5.74, 6) is 2.25. The highest BCUT2D eigenvalue weighted by molar-refractivity contribution is 5.59. The monoisotopic (exact) mass is 255 g/mol. The lowest BCUT2D eigenvalue weighted by molar-refractivity contribution is 0.665. The van der Waals surface area contributed by atoms with Gasteiger partial charge in [-0.1, -0.05) is 12.8 Å². The van der Waals surface area contributed by atoms with Gasteiger partial charge in [0.05, 0.1) is 0 Å². The molecule has 19 heavy (non-hydrogen) atoms. The van der Waals surface area contributed by atoms with Gasteiger partial charge in [-0.25, -0.2) is 4.98 Å². The summed E-state index contributed by atoms with van der Waals surface area (Å²) in [6.45, 7) is 2.00. The number of pyridine rings is 1. The molecule has 0 spiro atoms. The first kappa shape index (κ1) is 12.0. The molecule has 0 radical (unpaired) electrons. The number of hydrogen-bond acceptors (Lipinski definition) is 5. The SMILES string of the molecule is Cc1cnccc1-c1nc(N)nc(C2CCCC2)n1. The third kappa shape index (κ3) is 2.41. The number of aromatic nitrogens is 4. The lowest BCUT2D eigenvalue weighted by atomic mass is 10.1. The highest BCUT2D eigenvalue weighted by Gasteiger charge is 2.21. The second-order valence-electron chi connectivity index (χ2n) is 5.05. The Morgan fingerprint density at radius 1 is 1.16 bits per heavy atom. The summed E-state index contributed by atoms with van der Waals surface area (Å²) in [6.07, 6.45) is 8.36. The third-order valence-corrected chi connectivity index (χ3v) is 3.65. The van der Waals surface area contributed by atoms with Crippen LogP contribution in [0.25, 0.3) is 11.4 Å². The molecule has 0 aromatic carbocycles. The van der Waals surface area contributed by atoms with Crippen LogP contribution < -0.4 is 5.73 Å². The third-order valence-electron chi connectivity index (χ3n) is 3.65. The smallest absolute Gasteiger partial charge is 0.223 e. The fraction of sp³-hybridized carbons (Fsp3) is 0.429. The fourth-order valence-corrected chi connectivity index (χ4v) is 2.62. The van der Waals surface area contributed by atoms with Gasteiger partial charge < -0.3 is 5.73 Å². The molecule has 3 rings (SSSR count). The maximum Gasteiger partial charge on any atom is 0.223 e. The minimum absolute atomic E-state index is 0.308. The molecule has 1 aliphatic rings.